The van der Waals surface area contributed by atoms with Gasteiger partial charge in [0.25, 0.3) is 0 Å². The Morgan fingerprint density at radius 2 is 2.00 bits per heavy atom. The first-order valence-corrected chi connectivity index (χ1v) is 10.9. The molecule has 0 spiro atoms. The minimum Gasteiger partial charge on any atom is -0.368 e. The summed E-state index contributed by atoms with van der Waals surface area (Å²) >= 11 is 3.41. The van der Waals surface area contributed by atoms with Gasteiger partial charge in [0.2, 0.25) is 5.95 Å². The van der Waals surface area contributed by atoms with Gasteiger partial charge in [-0.15, -0.1) is 0 Å². The van der Waals surface area contributed by atoms with Gasteiger partial charge in [-0.1, -0.05) is 0 Å². The molecule has 5 rings (SSSR count). The minimum absolute atomic E-state index is 0.00511. The summed E-state index contributed by atoms with van der Waals surface area (Å²) in [4.78, 5) is 32.8. The highest BCUT2D eigenvalue weighted by Crippen LogP contribution is 2.35. The Labute approximate surface area is 193 Å². The first kappa shape index (κ1) is 20.3. The molecule has 9 heteroatoms. The van der Waals surface area contributed by atoms with Gasteiger partial charge in [0.15, 0.2) is 5.78 Å². The van der Waals surface area contributed by atoms with Crippen molar-refractivity contribution in [1.29, 1.82) is 0 Å². The van der Waals surface area contributed by atoms with E-state index >= 15 is 0 Å². The van der Waals surface area contributed by atoms with Crippen LogP contribution >= 0.6 is 15.9 Å². The second kappa shape index (κ2) is 7.83. The summed E-state index contributed by atoms with van der Waals surface area (Å²) < 4.78 is 2.86. The van der Waals surface area contributed by atoms with Crippen LogP contribution in [-0.4, -0.2) is 30.3 Å². The van der Waals surface area contributed by atoms with E-state index in [9.17, 15) is 4.79 Å². The molecule has 4 aromatic rings. The molecule has 1 atom stereocenters. The van der Waals surface area contributed by atoms with E-state index in [1.807, 2.05) is 53.9 Å². The third-order valence-corrected chi connectivity index (χ3v) is 5.93. The summed E-state index contributed by atoms with van der Waals surface area (Å²) in [5.41, 5.74) is 9.18. The van der Waals surface area contributed by atoms with Crippen molar-refractivity contribution >= 4 is 44.4 Å². The van der Waals surface area contributed by atoms with Gasteiger partial charge >= 0.3 is 0 Å². The normalized spacial score (nSPS) is 15.4. The molecule has 0 aromatic carbocycles. The summed E-state index contributed by atoms with van der Waals surface area (Å²) in [6, 6.07) is 5.89. The van der Waals surface area contributed by atoms with Crippen molar-refractivity contribution in [3.05, 3.63) is 82.8 Å². The van der Waals surface area contributed by atoms with E-state index in [2.05, 4.69) is 41.9 Å². The molecule has 5 heterocycles. The number of nitrogens with zero attached hydrogens (tertiary/aromatic N) is 6. The Balaban J connectivity index is 1.50. The maximum absolute atomic E-state index is 13.5. The highest BCUT2D eigenvalue weighted by atomic mass is 79.9. The van der Waals surface area contributed by atoms with Crippen LogP contribution in [-0.2, 0) is 0 Å². The Hall–Kier alpha value is -3.59. The lowest BCUT2D eigenvalue weighted by molar-refractivity contribution is 0.103. The fourth-order valence-corrected chi connectivity index (χ4v) is 4.01. The molecule has 160 valence electrons. The van der Waals surface area contributed by atoms with Gasteiger partial charge in [-0.2, -0.15) is 4.98 Å². The van der Waals surface area contributed by atoms with Gasteiger partial charge in [-0.25, -0.2) is 4.98 Å². The van der Waals surface area contributed by atoms with Gasteiger partial charge in [0, 0.05) is 52.5 Å². The van der Waals surface area contributed by atoms with E-state index in [0.29, 0.717) is 22.2 Å². The van der Waals surface area contributed by atoms with Gasteiger partial charge in [0.1, 0.15) is 5.65 Å². The van der Waals surface area contributed by atoms with Crippen molar-refractivity contribution in [2.24, 2.45) is 0 Å². The first-order chi connectivity index (χ1) is 15.4. The van der Waals surface area contributed by atoms with Crippen LogP contribution in [0.25, 0.3) is 11.0 Å². The zero-order valence-electron chi connectivity index (χ0n) is 17.5. The number of aromatic nitrogens is 5. The van der Waals surface area contributed by atoms with Crippen molar-refractivity contribution in [2.45, 2.75) is 25.9 Å². The lowest BCUT2D eigenvalue weighted by Gasteiger charge is -2.35. The van der Waals surface area contributed by atoms with Crippen molar-refractivity contribution in [1.82, 2.24) is 24.5 Å². The first-order valence-electron chi connectivity index (χ1n) is 10.1. The van der Waals surface area contributed by atoms with E-state index in [1.54, 1.807) is 24.8 Å². The van der Waals surface area contributed by atoms with E-state index in [0.717, 1.165) is 15.9 Å². The largest absolute Gasteiger partial charge is 0.368 e. The van der Waals surface area contributed by atoms with Crippen molar-refractivity contribution < 1.29 is 4.79 Å². The lowest BCUT2D eigenvalue weighted by atomic mass is 10.0. The lowest BCUT2D eigenvalue weighted by Crippen LogP contribution is -2.29. The third kappa shape index (κ3) is 3.44. The minimum atomic E-state index is -0.139. The smallest absolute Gasteiger partial charge is 0.221 e. The van der Waals surface area contributed by atoms with Crippen molar-refractivity contribution in [3.8, 4) is 0 Å². The third-order valence-electron chi connectivity index (χ3n) is 5.46. The van der Waals surface area contributed by atoms with Crippen LogP contribution in [0.5, 0.6) is 0 Å². The van der Waals surface area contributed by atoms with Gasteiger partial charge in [-0.3, -0.25) is 14.8 Å². The van der Waals surface area contributed by atoms with Crippen LogP contribution in [0.1, 0.15) is 47.5 Å². The number of carbonyl (C=O) groups excluding carboxylic acids is 1. The maximum atomic E-state index is 13.5. The number of pyridine rings is 2. The number of rotatable bonds is 5. The molecule has 32 heavy (non-hydrogen) atoms. The summed E-state index contributed by atoms with van der Waals surface area (Å²) in [6.45, 7) is 4.06. The van der Waals surface area contributed by atoms with Crippen LogP contribution in [0, 0.1) is 0 Å². The van der Waals surface area contributed by atoms with Crippen LogP contribution in [0.3, 0.4) is 0 Å². The predicted molar refractivity (Wildman–Crippen MR) is 126 cm³/mol. The molecule has 0 aliphatic carbocycles. The summed E-state index contributed by atoms with van der Waals surface area (Å²) in [5, 5.41) is 0.670. The highest BCUT2D eigenvalue weighted by Gasteiger charge is 2.26. The Bertz CT molecular complexity index is 1360. The molecule has 0 fully saturated rings. The number of fused-ring (bicyclic) bond motifs is 1. The van der Waals surface area contributed by atoms with Crippen molar-refractivity contribution in [3.63, 3.8) is 0 Å². The number of hydrogen-bond acceptors (Lipinski definition) is 7. The molecule has 0 saturated heterocycles. The molecule has 1 aliphatic rings. The molecule has 4 aromatic heterocycles. The SMILES string of the molecule is CC(C)n1cc(C(=O)c2cncc(N3C=CC3c3ccc(Br)cn3)c2)c2cnc(N)nc21. The standard InChI is InChI=1S/C23H20BrN7O/c1-13(2)31-12-18(17-11-28-23(25)29-22(17)31)21(32)14-7-16(10-26-8-14)30-6-5-20(30)19-4-3-15(24)9-27-19/h3-13,20H,1-2H3,(H2,25,28,29). The number of nitrogens with two attached hydrogens (primary N) is 1. The number of anilines is 2. The number of halogens is 1. The molecular formula is C23H20BrN7O. The van der Waals surface area contributed by atoms with Crippen LogP contribution in [0.15, 0.2) is 65.9 Å². The van der Waals surface area contributed by atoms with Gasteiger partial charge in [0.05, 0.1) is 29.2 Å². The molecule has 1 aliphatic heterocycles. The zero-order valence-corrected chi connectivity index (χ0v) is 19.1. The van der Waals surface area contributed by atoms with Gasteiger partial charge in [-0.05, 0) is 54.1 Å². The number of ketones is 1. The summed E-state index contributed by atoms with van der Waals surface area (Å²) in [6.07, 6.45) is 12.5. The molecule has 2 N–H and O–H groups in total. The fraction of sp³-hybridized carbons (Fsp3) is 0.174. The quantitative estimate of drug-likeness (QED) is 0.412. The number of carbonyl (C=O) groups is 1. The number of nitrogen functional groups attached to an aromatic ring is 1. The molecule has 0 radical (unpaired) electrons. The fourth-order valence-electron chi connectivity index (χ4n) is 3.77. The molecule has 8 nitrogen and oxygen atoms in total. The number of hydrogen-bond donors (Lipinski definition) is 1. The summed E-state index contributed by atoms with van der Waals surface area (Å²) in [7, 11) is 0. The topological polar surface area (TPSA) is 103 Å². The van der Waals surface area contributed by atoms with E-state index in [1.165, 1.54) is 0 Å². The second-order valence-corrected chi connectivity index (χ2v) is 8.78. The Morgan fingerprint density at radius 3 is 2.69 bits per heavy atom. The monoisotopic (exact) mass is 489 g/mol. The van der Waals surface area contributed by atoms with Crippen LogP contribution < -0.4 is 10.6 Å². The van der Waals surface area contributed by atoms with Crippen molar-refractivity contribution in [2.75, 3.05) is 10.6 Å². The predicted octanol–water partition coefficient (Wildman–Crippen LogP) is 4.45. The zero-order chi connectivity index (χ0) is 22.4. The average Bonchev–Trinajstić information content (AvgIpc) is 3.13. The molecular weight excluding hydrogens is 470 g/mol. The summed E-state index contributed by atoms with van der Waals surface area (Å²) in [5.74, 6) is 0.0391. The average molecular weight is 490 g/mol. The molecule has 0 saturated carbocycles. The highest BCUT2D eigenvalue weighted by molar-refractivity contribution is 9.10. The molecule has 1 unspecified atom stereocenters. The van der Waals surface area contributed by atoms with Crippen LogP contribution in [0.4, 0.5) is 11.6 Å². The van der Waals surface area contributed by atoms with Crippen LogP contribution in [0.2, 0.25) is 0 Å². The Morgan fingerprint density at radius 1 is 1.16 bits per heavy atom. The molecule has 0 amide bonds. The van der Waals surface area contributed by atoms with Gasteiger partial charge < -0.3 is 15.2 Å². The van der Waals surface area contributed by atoms with E-state index in [-0.39, 0.29) is 23.8 Å². The maximum Gasteiger partial charge on any atom is 0.221 e. The Kier molecular flexibility index (Phi) is 4.97. The van der Waals surface area contributed by atoms with E-state index < -0.39 is 0 Å². The second-order valence-electron chi connectivity index (χ2n) is 7.87. The molecule has 0 bridgehead atoms. The van der Waals surface area contributed by atoms with E-state index in [4.69, 9.17) is 5.73 Å².